The van der Waals surface area contributed by atoms with Gasteiger partial charge in [0.2, 0.25) is 0 Å². The Balaban J connectivity index is 1.09. The summed E-state index contributed by atoms with van der Waals surface area (Å²) in [6.07, 6.45) is 1.75. The third-order valence-corrected chi connectivity index (χ3v) is 11.3. The third kappa shape index (κ3) is 9.98. The molecule has 2 heterocycles. The summed E-state index contributed by atoms with van der Waals surface area (Å²) < 4.78 is 0. The molecule has 0 fully saturated rings. The van der Waals surface area contributed by atoms with Crippen molar-refractivity contribution in [1.82, 2.24) is 20.4 Å². The Morgan fingerprint density at radius 3 is 1.34 bits per heavy atom. The van der Waals surface area contributed by atoms with Crippen LogP contribution in [-0.2, 0) is 24.3 Å². The van der Waals surface area contributed by atoms with Gasteiger partial charge in [0, 0.05) is 24.6 Å². The lowest BCUT2D eigenvalue weighted by molar-refractivity contribution is 0.270. The molecule has 5 rings (SSSR count). The van der Waals surface area contributed by atoms with Gasteiger partial charge in [-0.2, -0.15) is 0 Å². The molecule has 0 aliphatic carbocycles. The molecule has 2 aliphatic heterocycles. The van der Waals surface area contributed by atoms with Gasteiger partial charge < -0.3 is 10.6 Å². The van der Waals surface area contributed by atoms with Gasteiger partial charge in [0.15, 0.2) is 10.3 Å². The van der Waals surface area contributed by atoms with Crippen LogP contribution in [-0.4, -0.2) is 59.9 Å². The minimum absolute atomic E-state index is 0.550. The fourth-order valence-corrected chi connectivity index (χ4v) is 7.31. The molecular formula is C30H30Cl6N6S2. The van der Waals surface area contributed by atoms with E-state index in [1.54, 1.807) is 23.5 Å². The molecule has 0 aromatic heterocycles. The zero-order valence-electron chi connectivity index (χ0n) is 23.6. The SMILES string of the molecule is Clc1ccc(CCN2CN=C(SCc3cc(Cl)c(Cl)cc3CSC3=NCN(CCc4ccc(Cl)c(Cl)c4)CN3)NC2)cc1Cl. The summed E-state index contributed by atoms with van der Waals surface area (Å²) in [5, 5.41) is 12.1. The van der Waals surface area contributed by atoms with Gasteiger partial charge in [-0.25, -0.2) is 9.98 Å². The highest BCUT2D eigenvalue weighted by atomic mass is 35.5. The Hall–Kier alpha value is -1.04. The molecule has 0 unspecified atom stereocenters. The maximum Gasteiger partial charge on any atom is 0.159 e. The number of nitrogens with one attached hydrogen (secondary N) is 2. The van der Waals surface area contributed by atoms with Gasteiger partial charge in [-0.15, -0.1) is 0 Å². The normalized spacial score (nSPS) is 15.9. The number of thioether (sulfide) groups is 2. The first-order valence-electron chi connectivity index (χ1n) is 13.8. The average molecular weight is 751 g/mol. The van der Waals surface area contributed by atoms with Crippen LogP contribution in [0.3, 0.4) is 0 Å². The summed E-state index contributed by atoms with van der Waals surface area (Å²) >= 11 is 40.5. The van der Waals surface area contributed by atoms with Crippen molar-refractivity contribution in [3.8, 4) is 0 Å². The molecule has 0 atom stereocenters. The second-order valence-corrected chi connectivity index (χ2v) is 14.6. The van der Waals surface area contributed by atoms with Crippen LogP contribution in [0.1, 0.15) is 22.3 Å². The Bertz CT molecular complexity index is 1430. The molecule has 6 nitrogen and oxygen atoms in total. The second kappa shape index (κ2) is 16.7. The first kappa shape index (κ1) is 34.3. The molecule has 3 aromatic rings. The number of hydrogen-bond acceptors (Lipinski definition) is 8. The Kier molecular flexibility index (Phi) is 13.0. The van der Waals surface area contributed by atoms with Gasteiger partial charge in [-0.1, -0.05) is 105 Å². The lowest BCUT2D eigenvalue weighted by Gasteiger charge is -2.27. The molecule has 0 bridgehead atoms. The third-order valence-electron chi connectivity index (χ3n) is 7.11. The van der Waals surface area contributed by atoms with E-state index < -0.39 is 0 Å². The van der Waals surface area contributed by atoms with Crippen LogP contribution in [0.15, 0.2) is 58.5 Å². The van der Waals surface area contributed by atoms with E-state index in [0.717, 1.165) is 83.4 Å². The summed E-state index contributed by atoms with van der Waals surface area (Å²) in [7, 11) is 0. The average Bonchev–Trinajstić information content (AvgIpc) is 3.03. The monoisotopic (exact) mass is 748 g/mol. The molecule has 3 aromatic carbocycles. The fourth-order valence-electron chi connectivity index (χ4n) is 4.55. The minimum atomic E-state index is 0.550. The van der Waals surface area contributed by atoms with Crippen LogP contribution in [0.4, 0.5) is 0 Å². The Morgan fingerprint density at radius 1 is 0.568 bits per heavy atom. The van der Waals surface area contributed by atoms with Crippen molar-refractivity contribution < 1.29 is 0 Å². The molecule has 44 heavy (non-hydrogen) atoms. The van der Waals surface area contributed by atoms with E-state index in [4.69, 9.17) is 79.6 Å². The quantitative estimate of drug-likeness (QED) is 0.216. The number of hydrogen-bond donors (Lipinski definition) is 2. The zero-order valence-corrected chi connectivity index (χ0v) is 29.7. The van der Waals surface area contributed by atoms with Gasteiger partial charge in [0.25, 0.3) is 0 Å². The van der Waals surface area contributed by atoms with E-state index >= 15 is 0 Å². The first-order chi connectivity index (χ1) is 21.2. The molecule has 2 aliphatic rings. The number of aliphatic imine (C=N–C) groups is 2. The highest BCUT2D eigenvalue weighted by Crippen LogP contribution is 2.31. The van der Waals surface area contributed by atoms with Crippen molar-refractivity contribution >= 4 is 103 Å². The molecule has 0 radical (unpaired) electrons. The van der Waals surface area contributed by atoms with Crippen LogP contribution in [0.2, 0.25) is 30.1 Å². The van der Waals surface area contributed by atoms with Crippen molar-refractivity contribution in [3.63, 3.8) is 0 Å². The fraction of sp³-hybridized carbons (Fsp3) is 0.333. The maximum atomic E-state index is 6.41. The van der Waals surface area contributed by atoms with E-state index in [1.807, 2.05) is 48.5 Å². The topological polar surface area (TPSA) is 55.3 Å². The van der Waals surface area contributed by atoms with Gasteiger partial charge in [0.05, 0.1) is 56.8 Å². The lowest BCUT2D eigenvalue weighted by atomic mass is 10.1. The highest BCUT2D eigenvalue weighted by molar-refractivity contribution is 8.13. The molecule has 0 saturated carbocycles. The number of amidine groups is 2. The summed E-state index contributed by atoms with van der Waals surface area (Å²) in [5.41, 5.74) is 4.56. The zero-order chi connectivity index (χ0) is 31.1. The Morgan fingerprint density at radius 2 is 0.977 bits per heavy atom. The number of benzene rings is 3. The van der Waals surface area contributed by atoms with Crippen LogP contribution in [0.5, 0.6) is 0 Å². The van der Waals surface area contributed by atoms with Crippen LogP contribution in [0, 0.1) is 0 Å². The smallest absolute Gasteiger partial charge is 0.159 e. The summed E-state index contributed by atoms with van der Waals surface area (Å²) in [6, 6.07) is 15.5. The van der Waals surface area contributed by atoms with E-state index in [2.05, 4.69) is 20.4 Å². The maximum absolute atomic E-state index is 6.41. The van der Waals surface area contributed by atoms with Crippen molar-refractivity contribution in [2.24, 2.45) is 9.98 Å². The van der Waals surface area contributed by atoms with Gasteiger partial charge in [-0.05, 0) is 71.5 Å². The highest BCUT2D eigenvalue weighted by Gasteiger charge is 2.17. The van der Waals surface area contributed by atoms with Crippen LogP contribution < -0.4 is 10.6 Å². The number of nitrogens with zero attached hydrogens (tertiary/aromatic N) is 4. The Labute approximate surface area is 296 Å². The first-order valence-corrected chi connectivity index (χ1v) is 18.1. The largest absolute Gasteiger partial charge is 0.352 e. The predicted octanol–water partition coefficient (Wildman–Crippen LogP) is 8.91. The standard InChI is InChI=1S/C30H30Cl6N6S2/c31-23-3-1-19(9-25(23)33)5-7-41-15-37-29(38-16-41)43-13-21-11-27(35)28(36)12-22(21)14-44-30-39-17-42(18-40-30)8-6-20-2-4-24(32)26(34)10-20/h1-4,9-12H,5-8,13-18H2,(H,37,38)(H,39,40). The lowest BCUT2D eigenvalue weighted by Crippen LogP contribution is -2.42. The predicted molar refractivity (Wildman–Crippen MR) is 193 cm³/mol. The van der Waals surface area contributed by atoms with Crippen molar-refractivity contribution in [1.29, 1.82) is 0 Å². The second-order valence-electron chi connectivity index (χ2n) is 10.3. The van der Waals surface area contributed by atoms with Crippen molar-refractivity contribution in [3.05, 3.63) is 101 Å². The summed E-state index contributed by atoms with van der Waals surface area (Å²) in [6.45, 7) is 4.47. The molecule has 0 spiro atoms. The summed E-state index contributed by atoms with van der Waals surface area (Å²) in [5.74, 6) is 1.45. The molecular weight excluding hydrogens is 721 g/mol. The molecule has 14 heteroatoms. The van der Waals surface area contributed by atoms with E-state index in [-0.39, 0.29) is 0 Å². The van der Waals surface area contributed by atoms with Gasteiger partial charge in [-0.3, -0.25) is 9.80 Å². The number of rotatable bonds is 10. The van der Waals surface area contributed by atoms with E-state index in [0.29, 0.717) is 43.5 Å². The van der Waals surface area contributed by atoms with Crippen LogP contribution in [0.25, 0.3) is 0 Å². The minimum Gasteiger partial charge on any atom is -0.352 e. The number of halogens is 6. The van der Waals surface area contributed by atoms with Gasteiger partial charge >= 0.3 is 0 Å². The van der Waals surface area contributed by atoms with Crippen molar-refractivity contribution in [2.75, 3.05) is 39.8 Å². The molecule has 0 amide bonds. The van der Waals surface area contributed by atoms with Crippen LogP contribution >= 0.6 is 93.1 Å². The molecule has 234 valence electrons. The molecule has 2 N–H and O–H groups in total. The van der Waals surface area contributed by atoms with E-state index in [9.17, 15) is 0 Å². The summed E-state index contributed by atoms with van der Waals surface area (Å²) in [4.78, 5) is 14.0. The molecule has 0 saturated heterocycles. The van der Waals surface area contributed by atoms with Gasteiger partial charge in [0.1, 0.15) is 0 Å². The van der Waals surface area contributed by atoms with E-state index in [1.165, 1.54) is 0 Å². The van der Waals surface area contributed by atoms with Crippen molar-refractivity contribution in [2.45, 2.75) is 24.3 Å².